The summed E-state index contributed by atoms with van der Waals surface area (Å²) in [5.74, 6) is -0.914. The van der Waals surface area contributed by atoms with Crippen molar-refractivity contribution >= 4 is 11.6 Å². The Morgan fingerprint density at radius 1 is 1.35 bits per heavy atom. The molecular formula is C12H11FN4O3. The first-order chi connectivity index (χ1) is 9.38. The van der Waals surface area contributed by atoms with Crippen LogP contribution in [0, 0.1) is 29.8 Å². The van der Waals surface area contributed by atoms with Crippen LogP contribution in [0.4, 0.5) is 16.0 Å². The second-order valence-corrected chi connectivity index (χ2v) is 4.14. The quantitative estimate of drug-likeness (QED) is 0.683. The molecular weight excluding hydrogens is 267 g/mol. The molecule has 0 spiro atoms. The van der Waals surface area contributed by atoms with Crippen molar-refractivity contribution in [3.05, 3.63) is 45.4 Å². The van der Waals surface area contributed by atoms with E-state index < -0.39 is 10.7 Å². The molecule has 2 N–H and O–H groups in total. The van der Waals surface area contributed by atoms with Crippen molar-refractivity contribution in [2.75, 3.05) is 5.73 Å². The number of hydrogen-bond donors (Lipinski definition) is 1. The molecule has 0 atom stereocenters. The van der Waals surface area contributed by atoms with E-state index >= 15 is 0 Å². The van der Waals surface area contributed by atoms with Gasteiger partial charge in [0.1, 0.15) is 0 Å². The van der Waals surface area contributed by atoms with Gasteiger partial charge in [-0.05, 0) is 19.9 Å². The number of anilines is 1. The summed E-state index contributed by atoms with van der Waals surface area (Å²) in [5, 5.41) is 10.7. The van der Waals surface area contributed by atoms with Crippen LogP contribution in [0.5, 0.6) is 11.6 Å². The fourth-order valence-corrected chi connectivity index (χ4v) is 1.57. The lowest BCUT2D eigenvalue weighted by molar-refractivity contribution is -0.385. The molecule has 0 fully saturated rings. The van der Waals surface area contributed by atoms with E-state index in [0.29, 0.717) is 5.56 Å². The summed E-state index contributed by atoms with van der Waals surface area (Å²) in [4.78, 5) is 17.6. The smallest absolute Gasteiger partial charge is 0.275 e. The van der Waals surface area contributed by atoms with Gasteiger partial charge in [-0.25, -0.2) is 9.37 Å². The van der Waals surface area contributed by atoms with E-state index in [1.807, 2.05) is 0 Å². The maximum Gasteiger partial charge on any atom is 0.275 e. The maximum atomic E-state index is 13.8. The molecule has 1 aromatic carbocycles. The summed E-state index contributed by atoms with van der Waals surface area (Å²) in [6.07, 6.45) is 1.44. The number of halogens is 1. The lowest BCUT2D eigenvalue weighted by Gasteiger charge is -2.09. The summed E-state index contributed by atoms with van der Waals surface area (Å²) >= 11 is 0. The average molecular weight is 278 g/mol. The fourth-order valence-electron chi connectivity index (χ4n) is 1.57. The number of hydrogen-bond acceptors (Lipinski definition) is 6. The second kappa shape index (κ2) is 5.08. The minimum absolute atomic E-state index is 0.00959. The monoisotopic (exact) mass is 278 g/mol. The second-order valence-electron chi connectivity index (χ2n) is 4.14. The van der Waals surface area contributed by atoms with Crippen LogP contribution in [0.15, 0.2) is 18.3 Å². The van der Waals surface area contributed by atoms with Gasteiger partial charge in [0.25, 0.3) is 5.69 Å². The van der Waals surface area contributed by atoms with Crippen LogP contribution in [-0.2, 0) is 0 Å². The fraction of sp³-hybridized carbons (Fsp3) is 0.167. The van der Waals surface area contributed by atoms with Gasteiger partial charge in [0.05, 0.1) is 11.0 Å². The van der Waals surface area contributed by atoms with Gasteiger partial charge < -0.3 is 10.5 Å². The first kappa shape index (κ1) is 13.7. The predicted octanol–water partition coefficient (Wildman–Crippen LogP) is 2.52. The molecule has 0 radical (unpaired) electrons. The van der Waals surface area contributed by atoms with Crippen LogP contribution in [0.3, 0.4) is 0 Å². The molecule has 0 amide bonds. The van der Waals surface area contributed by atoms with Crippen LogP contribution < -0.4 is 10.5 Å². The van der Waals surface area contributed by atoms with Gasteiger partial charge in [-0.15, -0.1) is 0 Å². The highest BCUT2D eigenvalue weighted by Crippen LogP contribution is 2.30. The predicted molar refractivity (Wildman–Crippen MR) is 69.0 cm³/mol. The molecule has 104 valence electrons. The molecule has 0 saturated carbocycles. The van der Waals surface area contributed by atoms with Crippen molar-refractivity contribution in [2.24, 2.45) is 0 Å². The third kappa shape index (κ3) is 2.63. The Hall–Kier alpha value is -2.77. The van der Waals surface area contributed by atoms with Gasteiger partial charge in [-0.2, -0.15) is 4.98 Å². The first-order valence-corrected chi connectivity index (χ1v) is 5.60. The zero-order valence-corrected chi connectivity index (χ0v) is 10.8. The van der Waals surface area contributed by atoms with Crippen molar-refractivity contribution in [3.63, 3.8) is 0 Å². The van der Waals surface area contributed by atoms with Crippen molar-refractivity contribution < 1.29 is 14.1 Å². The van der Waals surface area contributed by atoms with Crippen molar-refractivity contribution in [2.45, 2.75) is 13.8 Å². The van der Waals surface area contributed by atoms with Gasteiger partial charge in [-0.3, -0.25) is 10.1 Å². The van der Waals surface area contributed by atoms with E-state index in [0.717, 1.165) is 6.07 Å². The van der Waals surface area contributed by atoms with Crippen LogP contribution in [0.2, 0.25) is 0 Å². The van der Waals surface area contributed by atoms with E-state index in [1.54, 1.807) is 6.92 Å². The maximum absolute atomic E-state index is 13.8. The molecule has 0 bridgehead atoms. The Morgan fingerprint density at radius 2 is 2.05 bits per heavy atom. The lowest BCUT2D eigenvalue weighted by atomic mass is 10.2. The van der Waals surface area contributed by atoms with Gasteiger partial charge >= 0.3 is 0 Å². The largest absolute Gasteiger partial charge is 0.435 e. The molecule has 20 heavy (non-hydrogen) atoms. The molecule has 0 unspecified atom stereocenters. The number of aromatic nitrogens is 2. The highest BCUT2D eigenvalue weighted by atomic mass is 19.1. The van der Waals surface area contributed by atoms with E-state index in [2.05, 4.69) is 9.97 Å². The standard InChI is InChI=1S/C12H11FN4O3/c1-6-3-10(8(13)4-9(6)17(18)19)20-11-7(2)5-15-12(14)16-11/h3-5H,1-2H3,(H2,14,15,16). The summed E-state index contributed by atoms with van der Waals surface area (Å²) in [6.45, 7) is 3.16. The molecule has 7 nitrogen and oxygen atoms in total. The van der Waals surface area contributed by atoms with Gasteiger partial charge in [0.15, 0.2) is 11.6 Å². The summed E-state index contributed by atoms with van der Waals surface area (Å²) in [7, 11) is 0. The third-order valence-electron chi connectivity index (χ3n) is 2.60. The highest BCUT2D eigenvalue weighted by molar-refractivity contribution is 5.46. The average Bonchev–Trinajstić information content (AvgIpc) is 2.37. The number of nitrogens with zero attached hydrogens (tertiary/aromatic N) is 3. The Labute approximate surface area is 113 Å². The van der Waals surface area contributed by atoms with E-state index in [1.165, 1.54) is 19.2 Å². The molecule has 0 aliphatic carbocycles. The zero-order chi connectivity index (χ0) is 14.9. The SMILES string of the molecule is Cc1cc(Oc2nc(N)ncc2C)c(F)cc1[N+](=O)[O-]. The summed E-state index contributed by atoms with van der Waals surface area (Å²) in [5.41, 5.74) is 5.96. The molecule has 1 aromatic heterocycles. The topological polar surface area (TPSA) is 104 Å². The third-order valence-corrected chi connectivity index (χ3v) is 2.60. The number of nitro benzene ring substituents is 1. The molecule has 2 rings (SSSR count). The van der Waals surface area contributed by atoms with Crippen LogP contribution in [0.1, 0.15) is 11.1 Å². The zero-order valence-electron chi connectivity index (χ0n) is 10.8. The molecule has 1 heterocycles. The van der Waals surface area contributed by atoms with E-state index in [9.17, 15) is 14.5 Å². The van der Waals surface area contributed by atoms with Crippen LogP contribution in [0.25, 0.3) is 0 Å². The lowest BCUT2D eigenvalue weighted by Crippen LogP contribution is -2.01. The minimum Gasteiger partial charge on any atom is -0.435 e. The van der Waals surface area contributed by atoms with Crippen molar-refractivity contribution in [3.8, 4) is 11.6 Å². The number of ether oxygens (including phenoxy) is 1. The highest BCUT2D eigenvalue weighted by Gasteiger charge is 2.17. The molecule has 2 aromatic rings. The molecule has 8 heteroatoms. The molecule has 0 aliphatic heterocycles. The number of rotatable bonds is 3. The molecule has 0 aliphatic rings. The number of nitrogens with two attached hydrogens (primary N) is 1. The molecule has 0 saturated heterocycles. The van der Waals surface area contributed by atoms with Gasteiger partial charge in [0.2, 0.25) is 11.8 Å². The van der Waals surface area contributed by atoms with Crippen LogP contribution in [-0.4, -0.2) is 14.9 Å². The first-order valence-electron chi connectivity index (χ1n) is 5.60. The van der Waals surface area contributed by atoms with Crippen molar-refractivity contribution in [1.82, 2.24) is 9.97 Å². The van der Waals surface area contributed by atoms with E-state index in [-0.39, 0.29) is 28.8 Å². The Bertz CT molecular complexity index is 691. The summed E-state index contributed by atoms with van der Waals surface area (Å²) in [6, 6.07) is 2.05. The number of benzene rings is 1. The minimum atomic E-state index is -0.848. The van der Waals surface area contributed by atoms with E-state index in [4.69, 9.17) is 10.5 Å². The Morgan fingerprint density at radius 3 is 2.70 bits per heavy atom. The van der Waals surface area contributed by atoms with Gasteiger partial charge in [-0.1, -0.05) is 0 Å². The van der Waals surface area contributed by atoms with Crippen molar-refractivity contribution in [1.29, 1.82) is 0 Å². The Balaban J connectivity index is 2.42. The number of aryl methyl sites for hydroxylation is 2. The normalized spacial score (nSPS) is 10.3. The number of nitro groups is 1. The van der Waals surface area contributed by atoms with Gasteiger partial charge in [0, 0.05) is 17.3 Å². The van der Waals surface area contributed by atoms with Crippen LogP contribution >= 0.6 is 0 Å². The Kier molecular flexibility index (Phi) is 3.47. The summed E-state index contributed by atoms with van der Waals surface area (Å²) < 4.78 is 19.1. The number of nitrogen functional groups attached to an aromatic ring is 1.